The molecule has 2 aromatic rings. The van der Waals surface area contributed by atoms with Crippen LogP contribution in [-0.4, -0.2) is 36.9 Å². The van der Waals surface area contributed by atoms with Crippen molar-refractivity contribution < 1.29 is 4.79 Å². The van der Waals surface area contributed by atoms with Crippen molar-refractivity contribution in [3.63, 3.8) is 0 Å². The van der Waals surface area contributed by atoms with Gasteiger partial charge < -0.3 is 21.3 Å². The first-order valence-corrected chi connectivity index (χ1v) is 7.68. The first-order valence-electron chi connectivity index (χ1n) is 6.86. The number of anilines is 3. The van der Waals surface area contributed by atoms with Crippen molar-refractivity contribution in [3.05, 3.63) is 28.8 Å². The van der Waals surface area contributed by atoms with E-state index < -0.39 is 0 Å². The maximum absolute atomic E-state index is 11.9. The van der Waals surface area contributed by atoms with Crippen molar-refractivity contribution in [1.82, 2.24) is 15.5 Å². The SMILES string of the molecule is Cc1ccc(N(C)C)cc1NC(=O)NCCc1nnc(N)s1. The Bertz CT molecular complexity index is 655. The van der Waals surface area contributed by atoms with Crippen molar-refractivity contribution >= 4 is 33.9 Å². The summed E-state index contributed by atoms with van der Waals surface area (Å²) in [5.41, 5.74) is 8.35. The van der Waals surface area contributed by atoms with Crippen LogP contribution in [0.3, 0.4) is 0 Å². The van der Waals surface area contributed by atoms with Crippen molar-refractivity contribution in [1.29, 1.82) is 0 Å². The van der Waals surface area contributed by atoms with E-state index in [4.69, 9.17) is 5.73 Å². The minimum absolute atomic E-state index is 0.239. The zero-order valence-electron chi connectivity index (χ0n) is 12.9. The van der Waals surface area contributed by atoms with Crippen LogP contribution in [0.25, 0.3) is 0 Å². The van der Waals surface area contributed by atoms with Crippen LogP contribution in [-0.2, 0) is 6.42 Å². The first kappa shape index (κ1) is 16.0. The molecule has 118 valence electrons. The van der Waals surface area contributed by atoms with Gasteiger partial charge >= 0.3 is 6.03 Å². The fourth-order valence-corrected chi connectivity index (χ4v) is 2.45. The molecule has 1 heterocycles. The van der Waals surface area contributed by atoms with Gasteiger partial charge in [-0.1, -0.05) is 17.4 Å². The highest BCUT2D eigenvalue weighted by Gasteiger charge is 2.07. The lowest BCUT2D eigenvalue weighted by molar-refractivity contribution is 0.252. The van der Waals surface area contributed by atoms with Crippen molar-refractivity contribution in [2.75, 3.05) is 36.6 Å². The Kier molecular flexibility index (Phi) is 5.16. The van der Waals surface area contributed by atoms with Gasteiger partial charge in [-0.3, -0.25) is 0 Å². The maximum atomic E-state index is 11.9. The fourth-order valence-electron chi connectivity index (χ4n) is 1.84. The number of urea groups is 1. The van der Waals surface area contributed by atoms with E-state index in [1.54, 1.807) is 0 Å². The van der Waals surface area contributed by atoms with Crippen molar-refractivity contribution in [3.8, 4) is 0 Å². The Balaban J connectivity index is 1.87. The number of hydrogen-bond acceptors (Lipinski definition) is 6. The number of nitrogens with zero attached hydrogens (tertiary/aromatic N) is 3. The van der Waals surface area contributed by atoms with Gasteiger partial charge in [-0.15, -0.1) is 10.2 Å². The Morgan fingerprint density at radius 2 is 2.14 bits per heavy atom. The minimum Gasteiger partial charge on any atom is -0.378 e. The summed E-state index contributed by atoms with van der Waals surface area (Å²) in [6, 6.07) is 5.70. The van der Waals surface area contributed by atoms with E-state index in [-0.39, 0.29) is 6.03 Å². The van der Waals surface area contributed by atoms with Crippen LogP contribution >= 0.6 is 11.3 Å². The average molecular weight is 320 g/mol. The molecule has 2 rings (SSSR count). The second kappa shape index (κ2) is 7.08. The van der Waals surface area contributed by atoms with E-state index in [1.165, 1.54) is 11.3 Å². The highest BCUT2D eigenvalue weighted by Crippen LogP contribution is 2.21. The van der Waals surface area contributed by atoms with E-state index in [2.05, 4.69) is 20.8 Å². The van der Waals surface area contributed by atoms with Crippen LogP contribution in [0, 0.1) is 6.92 Å². The molecule has 0 saturated carbocycles. The zero-order chi connectivity index (χ0) is 16.1. The second-order valence-electron chi connectivity index (χ2n) is 5.06. The number of nitrogens with two attached hydrogens (primary N) is 1. The molecule has 2 amide bonds. The molecule has 0 saturated heterocycles. The molecule has 7 nitrogen and oxygen atoms in total. The van der Waals surface area contributed by atoms with E-state index in [0.717, 1.165) is 21.9 Å². The van der Waals surface area contributed by atoms with Gasteiger partial charge in [0.2, 0.25) is 5.13 Å². The minimum atomic E-state index is -0.239. The fraction of sp³-hybridized carbons (Fsp3) is 0.357. The van der Waals surface area contributed by atoms with Crippen LogP contribution in [0.4, 0.5) is 21.3 Å². The molecule has 0 aliphatic rings. The number of aryl methyl sites for hydroxylation is 1. The first-order chi connectivity index (χ1) is 10.5. The standard InChI is InChI=1S/C14H20N6OS/c1-9-4-5-10(20(2)3)8-11(9)17-14(21)16-7-6-12-18-19-13(15)22-12/h4-5,8H,6-7H2,1-3H3,(H2,15,19)(H2,16,17,21). The van der Waals surface area contributed by atoms with Gasteiger partial charge in [-0.25, -0.2) is 4.79 Å². The summed E-state index contributed by atoms with van der Waals surface area (Å²) < 4.78 is 0. The Labute approximate surface area is 133 Å². The van der Waals surface area contributed by atoms with Crippen LogP contribution in [0.1, 0.15) is 10.6 Å². The van der Waals surface area contributed by atoms with Gasteiger partial charge in [0.1, 0.15) is 5.01 Å². The van der Waals surface area contributed by atoms with Gasteiger partial charge in [-0.05, 0) is 24.6 Å². The molecule has 0 spiro atoms. The maximum Gasteiger partial charge on any atom is 0.319 e. The third kappa shape index (κ3) is 4.32. The molecule has 0 radical (unpaired) electrons. The molecule has 0 unspecified atom stereocenters. The number of nitrogen functional groups attached to an aromatic ring is 1. The number of nitrogens with one attached hydrogen (secondary N) is 2. The lowest BCUT2D eigenvalue weighted by atomic mass is 10.1. The van der Waals surface area contributed by atoms with E-state index in [9.17, 15) is 4.79 Å². The monoisotopic (exact) mass is 320 g/mol. The number of rotatable bonds is 5. The molecule has 1 aromatic carbocycles. The Morgan fingerprint density at radius 1 is 1.36 bits per heavy atom. The number of carbonyl (C=O) groups is 1. The average Bonchev–Trinajstić information content (AvgIpc) is 2.86. The van der Waals surface area contributed by atoms with Gasteiger partial charge in [0.15, 0.2) is 0 Å². The van der Waals surface area contributed by atoms with Crippen LogP contribution in [0.15, 0.2) is 18.2 Å². The molecule has 0 fully saturated rings. The molecular formula is C14H20N6OS. The van der Waals surface area contributed by atoms with Crippen LogP contribution < -0.4 is 21.3 Å². The highest BCUT2D eigenvalue weighted by atomic mass is 32.1. The summed E-state index contributed by atoms with van der Waals surface area (Å²) in [4.78, 5) is 13.9. The van der Waals surface area contributed by atoms with E-state index in [0.29, 0.717) is 18.1 Å². The topological polar surface area (TPSA) is 96.2 Å². The number of hydrogen-bond donors (Lipinski definition) is 3. The smallest absolute Gasteiger partial charge is 0.319 e. The summed E-state index contributed by atoms with van der Waals surface area (Å²) in [6.45, 7) is 2.44. The lowest BCUT2D eigenvalue weighted by Crippen LogP contribution is -2.30. The van der Waals surface area contributed by atoms with Crippen LogP contribution in [0.5, 0.6) is 0 Å². The molecule has 22 heavy (non-hydrogen) atoms. The molecule has 8 heteroatoms. The third-order valence-corrected chi connectivity index (χ3v) is 3.90. The summed E-state index contributed by atoms with van der Waals surface area (Å²) in [5, 5.41) is 14.6. The summed E-state index contributed by atoms with van der Waals surface area (Å²) in [6.07, 6.45) is 0.610. The zero-order valence-corrected chi connectivity index (χ0v) is 13.7. The third-order valence-electron chi connectivity index (χ3n) is 3.09. The number of carbonyl (C=O) groups excluding carboxylic acids is 1. The molecule has 1 aromatic heterocycles. The molecule has 4 N–H and O–H groups in total. The molecule has 0 atom stereocenters. The summed E-state index contributed by atoms with van der Waals surface area (Å²) in [5.74, 6) is 0. The second-order valence-corrected chi connectivity index (χ2v) is 6.15. The van der Waals surface area contributed by atoms with E-state index >= 15 is 0 Å². The molecule has 0 aliphatic carbocycles. The normalized spacial score (nSPS) is 10.3. The van der Waals surface area contributed by atoms with E-state index in [1.807, 2.05) is 44.1 Å². The van der Waals surface area contributed by atoms with Gasteiger partial charge in [0, 0.05) is 38.4 Å². The predicted octanol–water partition coefficient (Wildman–Crippen LogP) is 1.86. The summed E-state index contributed by atoms with van der Waals surface area (Å²) in [7, 11) is 3.92. The van der Waals surface area contributed by atoms with Crippen LogP contribution in [0.2, 0.25) is 0 Å². The van der Waals surface area contributed by atoms with Gasteiger partial charge in [-0.2, -0.15) is 0 Å². The molecule has 0 bridgehead atoms. The van der Waals surface area contributed by atoms with Crippen molar-refractivity contribution in [2.24, 2.45) is 0 Å². The largest absolute Gasteiger partial charge is 0.378 e. The Hall–Kier alpha value is -2.35. The van der Waals surface area contributed by atoms with Gasteiger partial charge in [0.25, 0.3) is 0 Å². The quantitative estimate of drug-likeness (QED) is 0.781. The Morgan fingerprint density at radius 3 is 2.77 bits per heavy atom. The molecular weight excluding hydrogens is 300 g/mol. The highest BCUT2D eigenvalue weighted by molar-refractivity contribution is 7.15. The number of aromatic nitrogens is 2. The number of benzene rings is 1. The number of amides is 2. The molecule has 0 aliphatic heterocycles. The van der Waals surface area contributed by atoms with Gasteiger partial charge in [0.05, 0.1) is 0 Å². The van der Waals surface area contributed by atoms with Crippen molar-refractivity contribution in [2.45, 2.75) is 13.3 Å². The summed E-state index contributed by atoms with van der Waals surface area (Å²) >= 11 is 1.33. The lowest BCUT2D eigenvalue weighted by Gasteiger charge is -2.16. The predicted molar refractivity (Wildman–Crippen MR) is 90.6 cm³/mol.